The van der Waals surface area contributed by atoms with Crippen molar-refractivity contribution in [1.29, 1.82) is 0 Å². The molecule has 0 radical (unpaired) electrons. The number of aryl methyl sites for hydroxylation is 3. The van der Waals surface area contributed by atoms with E-state index in [1.165, 1.54) is 44.5 Å². The van der Waals surface area contributed by atoms with Crippen molar-refractivity contribution in [3.8, 4) is 22.6 Å². The summed E-state index contributed by atoms with van der Waals surface area (Å²) in [5.41, 5.74) is 7.52. The summed E-state index contributed by atoms with van der Waals surface area (Å²) in [5.74, 6) is 0. The summed E-state index contributed by atoms with van der Waals surface area (Å²) >= 11 is 0. The molecule has 0 aliphatic heterocycles. The molecule has 0 amide bonds. The van der Waals surface area contributed by atoms with Crippen LogP contribution >= 0.6 is 0 Å². The van der Waals surface area contributed by atoms with Gasteiger partial charge in [-0.25, -0.2) is 0 Å². The summed E-state index contributed by atoms with van der Waals surface area (Å²) in [6.45, 7) is 4.37. The van der Waals surface area contributed by atoms with Crippen molar-refractivity contribution in [3.63, 3.8) is 0 Å². The lowest BCUT2D eigenvalue weighted by Gasteiger charge is -2.10. The standard InChI is InChI=1S/C24H24N2/c1-17-13-23(21-16-20-10-6-5-9-19(20)15-18(21)2)26(4)24(14-17)22-11-7-8-12-25(22)3/h5-16H,1-4H3/q+2. The average molecular weight is 340 g/mol. The van der Waals surface area contributed by atoms with Crippen LogP contribution in [0.2, 0.25) is 0 Å². The van der Waals surface area contributed by atoms with E-state index in [0.29, 0.717) is 0 Å². The lowest BCUT2D eigenvalue weighted by atomic mass is 9.98. The van der Waals surface area contributed by atoms with Gasteiger partial charge in [0.25, 0.3) is 11.4 Å². The van der Waals surface area contributed by atoms with Crippen LogP contribution in [0.3, 0.4) is 0 Å². The van der Waals surface area contributed by atoms with Gasteiger partial charge in [0.05, 0.1) is 0 Å². The Bertz CT molecular complexity index is 1130. The predicted octanol–water partition coefficient (Wildman–Crippen LogP) is 4.44. The van der Waals surface area contributed by atoms with Crippen LogP contribution in [0, 0.1) is 13.8 Å². The highest BCUT2D eigenvalue weighted by molar-refractivity contribution is 5.88. The second-order valence-corrected chi connectivity index (χ2v) is 7.07. The van der Waals surface area contributed by atoms with Gasteiger partial charge in [-0.1, -0.05) is 30.3 Å². The molecule has 0 N–H and O–H groups in total. The van der Waals surface area contributed by atoms with Crippen LogP contribution in [-0.2, 0) is 14.1 Å². The largest absolute Gasteiger partial charge is 0.277 e. The maximum absolute atomic E-state index is 2.31. The van der Waals surface area contributed by atoms with Crippen molar-refractivity contribution >= 4 is 10.8 Å². The van der Waals surface area contributed by atoms with Crippen molar-refractivity contribution in [2.24, 2.45) is 14.1 Å². The van der Waals surface area contributed by atoms with Gasteiger partial charge in [0.1, 0.15) is 14.1 Å². The lowest BCUT2D eigenvalue weighted by Crippen LogP contribution is -2.40. The highest BCUT2D eigenvalue weighted by atomic mass is 15.0. The molecule has 0 saturated carbocycles. The highest BCUT2D eigenvalue weighted by Crippen LogP contribution is 2.28. The molecule has 4 aromatic rings. The Morgan fingerprint density at radius 3 is 2.04 bits per heavy atom. The minimum Gasteiger partial charge on any atom is -0.196 e. The molecule has 128 valence electrons. The molecule has 0 saturated heterocycles. The SMILES string of the molecule is Cc1cc(-c2cc3ccccc3cc2C)[n+](C)c(-c2cccc[n+]2C)c1. The Balaban J connectivity index is 1.99. The normalized spacial score (nSPS) is 11.1. The van der Waals surface area contributed by atoms with E-state index >= 15 is 0 Å². The number of rotatable bonds is 2. The zero-order valence-electron chi connectivity index (χ0n) is 15.8. The van der Waals surface area contributed by atoms with Crippen LogP contribution in [0.4, 0.5) is 0 Å². The van der Waals surface area contributed by atoms with E-state index in [4.69, 9.17) is 0 Å². The van der Waals surface area contributed by atoms with Gasteiger partial charge < -0.3 is 0 Å². The van der Waals surface area contributed by atoms with E-state index in [9.17, 15) is 0 Å². The molecular formula is C24H24N2+2. The average Bonchev–Trinajstić information content (AvgIpc) is 2.63. The minimum atomic E-state index is 1.21. The van der Waals surface area contributed by atoms with Crippen LogP contribution in [-0.4, -0.2) is 0 Å². The summed E-state index contributed by atoms with van der Waals surface area (Å²) in [7, 11) is 4.25. The van der Waals surface area contributed by atoms with Crippen LogP contribution in [0.15, 0.2) is 72.9 Å². The number of aromatic nitrogens is 2. The number of nitrogens with zero attached hydrogens (tertiary/aromatic N) is 2. The molecule has 0 bridgehead atoms. The Hall–Kier alpha value is -3.00. The lowest BCUT2D eigenvalue weighted by molar-refractivity contribution is -0.685. The second-order valence-electron chi connectivity index (χ2n) is 7.07. The molecule has 0 spiro atoms. The molecule has 0 unspecified atom stereocenters. The Labute approximate surface area is 155 Å². The van der Waals surface area contributed by atoms with Crippen LogP contribution < -0.4 is 9.13 Å². The topological polar surface area (TPSA) is 7.76 Å². The van der Waals surface area contributed by atoms with E-state index in [0.717, 1.165) is 0 Å². The molecule has 0 aliphatic rings. The van der Waals surface area contributed by atoms with Gasteiger partial charge >= 0.3 is 0 Å². The minimum absolute atomic E-state index is 1.21. The monoisotopic (exact) mass is 340 g/mol. The third kappa shape index (κ3) is 2.78. The van der Waals surface area contributed by atoms with E-state index in [1.807, 2.05) is 0 Å². The van der Waals surface area contributed by atoms with Crippen molar-refractivity contribution in [1.82, 2.24) is 0 Å². The van der Waals surface area contributed by atoms with Crippen molar-refractivity contribution < 1.29 is 9.13 Å². The van der Waals surface area contributed by atoms with Gasteiger partial charge in [-0.3, -0.25) is 0 Å². The first-order valence-electron chi connectivity index (χ1n) is 9.00. The van der Waals surface area contributed by atoms with Crippen molar-refractivity contribution in [2.75, 3.05) is 0 Å². The van der Waals surface area contributed by atoms with Gasteiger partial charge in [-0.2, -0.15) is 9.13 Å². The molecule has 2 aromatic carbocycles. The van der Waals surface area contributed by atoms with Gasteiger partial charge in [-0.05, 0) is 47.9 Å². The van der Waals surface area contributed by atoms with Gasteiger partial charge in [0.2, 0.25) is 5.69 Å². The molecule has 0 aliphatic carbocycles. The molecule has 26 heavy (non-hydrogen) atoms. The first-order valence-corrected chi connectivity index (χ1v) is 9.00. The number of benzene rings is 2. The second kappa shape index (κ2) is 6.38. The van der Waals surface area contributed by atoms with E-state index < -0.39 is 0 Å². The third-order valence-corrected chi connectivity index (χ3v) is 5.14. The van der Waals surface area contributed by atoms with Gasteiger partial charge in [0.15, 0.2) is 6.20 Å². The quantitative estimate of drug-likeness (QED) is 0.477. The Morgan fingerprint density at radius 1 is 0.654 bits per heavy atom. The molecule has 2 heterocycles. The van der Waals surface area contributed by atoms with Crippen LogP contribution in [0.5, 0.6) is 0 Å². The van der Waals surface area contributed by atoms with Crippen LogP contribution in [0.1, 0.15) is 11.1 Å². The Kier molecular flexibility index (Phi) is 4.04. The van der Waals surface area contributed by atoms with Gasteiger partial charge in [-0.15, -0.1) is 0 Å². The highest BCUT2D eigenvalue weighted by Gasteiger charge is 2.24. The first-order chi connectivity index (χ1) is 12.5. The number of hydrogen-bond donors (Lipinski definition) is 0. The molecular weight excluding hydrogens is 316 g/mol. The number of pyridine rings is 2. The molecule has 2 aromatic heterocycles. The number of hydrogen-bond acceptors (Lipinski definition) is 0. The summed E-state index contributed by atoms with van der Waals surface area (Å²) in [5, 5.41) is 2.57. The molecule has 0 atom stereocenters. The van der Waals surface area contributed by atoms with Gasteiger partial charge in [0, 0.05) is 29.8 Å². The van der Waals surface area contributed by atoms with E-state index in [-0.39, 0.29) is 0 Å². The molecule has 2 heteroatoms. The van der Waals surface area contributed by atoms with E-state index in [2.05, 4.69) is 110 Å². The fraction of sp³-hybridized carbons (Fsp3) is 0.167. The summed E-state index contributed by atoms with van der Waals surface area (Å²) in [4.78, 5) is 0. The molecule has 4 rings (SSSR count). The maximum atomic E-state index is 2.31. The Morgan fingerprint density at radius 2 is 1.31 bits per heavy atom. The van der Waals surface area contributed by atoms with Crippen molar-refractivity contribution in [2.45, 2.75) is 13.8 Å². The first kappa shape index (κ1) is 16.5. The fourth-order valence-corrected chi connectivity index (χ4v) is 3.72. The van der Waals surface area contributed by atoms with Crippen molar-refractivity contribution in [3.05, 3.63) is 84.1 Å². The number of fused-ring (bicyclic) bond motifs is 1. The predicted molar refractivity (Wildman–Crippen MR) is 107 cm³/mol. The molecule has 0 fully saturated rings. The molecule has 2 nitrogen and oxygen atoms in total. The zero-order valence-corrected chi connectivity index (χ0v) is 15.8. The van der Waals surface area contributed by atoms with E-state index in [1.54, 1.807) is 0 Å². The summed E-state index contributed by atoms with van der Waals surface area (Å²) in [6, 6.07) is 24.0. The smallest absolute Gasteiger partial charge is 0.196 e. The fourth-order valence-electron chi connectivity index (χ4n) is 3.72. The zero-order chi connectivity index (χ0) is 18.3. The summed E-state index contributed by atoms with van der Waals surface area (Å²) < 4.78 is 4.48. The third-order valence-electron chi connectivity index (χ3n) is 5.14. The van der Waals surface area contributed by atoms with Crippen LogP contribution in [0.25, 0.3) is 33.4 Å². The maximum Gasteiger partial charge on any atom is 0.277 e. The summed E-state index contributed by atoms with van der Waals surface area (Å²) in [6.07, 6.45) is 2.10.